The average Bonchev–Trinajstić information content (AvgIpc) is 3.19. The van der Waals surface area contributed by atoms with Crippen molar-refractivity contribution in [2.24, 2.45) is 11.3 Å². The molecule has 2 aliphatic heterocycles. The minimum absolute atomic E-state index is 0.291. The number of nitrogens with zero attached hydrogens (tertiary/aromatic N) is 2. The van der Waals surface area contributed by atoms with Crippen LogP contribution in [0.5, 0.6) is 0 Å². The third-order valence-electron chi connectivity index (χ3n) is 5.84. The molecule has 2 saturated heterocycles. The van der Waals surface area contributed by atoms with E-state index in [4.69, 9.17) is 0 Å². The van der Waals surface area contributed by atoms with E-state index < -0.39 is 0 Å². The second-order valence-electron chi connectivity index (χ2n) is 7.30. The highest BCUT2D eigenvalue weighted by atomic mass is 16.2. The van der Waals surface area contributed by atoms with Gasteiger partial charge < -0.3 is 15.5 Å². The van der Waals surface area contributed by atoms with Crippen LogP contribution in [0.25, 0.3) is 0 Å². The highest BCUT2D eigenvalue weighted by Crippen LogP contribution is 2.58. The predicted octanol–water partition coefficient (Wildman–Crippen LogP) is 0.128. The van der Waals surface area contributed by atoms with Gasteiger partial charge in [-0.25, -0.2) is 0 Å². The van der Waals surface area contributed by atoms with Crippen LogP contribution in [0.1, 0.15) is 26.2 Å². The Hall–Kier alpha value is -0.650. The highest BCUT2D eigenvalue weighted by molar-refractivity contribution is 5.82. The van der Waals surface area contributed by atoms with E-state index in [0.29, 0.717) is 23.3 Å². The van der Waals surface area contributed by atoms with E-state index in [-0.39, 0.29) is 0 Å². The summed E-state index contributed by atoms with van der Waals surface area (Å²) >= 11 is 0. The number of hydrogen-bond acceptors (Lipinski definition) is 4. The Morgan fingerprint density at radius 1 is 1.29 bits per heavy atom. The number of carbonyl (C=O) groups excluding carboxylic acids is 1. The molecule has 2 N–H and O–H groups in total. The van der Waals surface area contributed by atoms with Gasteiger partial charge in [0, 0.05) is 44.7 Å². The summed E-state index contributed by atoms with van der Waals surface area (Å²) < 4.78 is 0. The second-order valence-corrected chi connectivity index (χ2v) is 7.30. The summed E-state index contributed by atoms with van der Waals surface area (Å²) in [5, 5.41) is 6.60. The van der Waals surface area contributed by atoms with Gasteiger partial charge in [0.05, 0.1) is 0 Å². The van der Waals surface area contributed by atoms with E-state index in [9.17, 15) is 4.79 Å². The number of piperidine rings is 1. The molecule has 3 rings (SSSR count). The molecule has 2 heterocycles. The lowest BCUT2D eigenvalue weighted by molar-refractivity contribution is -0.123. The summed E-state index contributed by atoms with van der Waals surface area (Å²) in [4.78, 5) is 17.2. The molecule has 3 aliphatic rings. The Labute approximate surface area is 128 Å². The molecule has 0 aromatic carbocycles. The normalized spacial score (nSPS) is 31.0. The van der Waals surface area contributed by atoms with E-state index in [1.165, 1.54) is 12.8 Å². The van der Waals surface area contributed by atoms with Gasteiger partial charge in [-0.05, 0) is 51.7 Å². The third kappa shape index (κ3) is 3.41. The fourth-order valence-electron chi connectivity index (χ4n) is 3.96. The third-order valence-corrected chi connectivity index (χ3v) is 5.84. The van der Waals surface area contributed by atoms with Gasteiger partial charge >= 0.3 is 0 Å². The molecule has 3 fully saturated rings. The molecule has 21 heavy (non-hydrogen) atoms. The Bertz CT molecular complexity index is 372. The molecule has 1 amide bonds. The smallest absolute Gasteiger partial charge is 0.223 e. The summed E-state index contributed by atoms with van der Waals surface area (Å²) in [6.45, 7) is 9.71. The Morgan fingerprint density at radius 3 is 2.62 bits per heavy atom. The summed E-state index contributed by atoms with van der Waals surface area (Å²) in [6.07, 6.45) is 3.47. The van der Waals surface area contributed by atoms with Crippen molar-refractivity contribution in [2.75, 3.05) is 52.9 Å². The van der Waals surface area contributed by atoms with Crippen LogP contribution in [0, 0.1) is 11.3 Å². The molecular weight excluding hydrogens is 264 g/mol. The van der Waals surface area contributed by atoms with Gasteiger partial charge in [0.25, 0.3) is 0 Å². The number of carbonyl (C=O) groups is 1. The van der Waals surface area contributed by atoms with Gasteiger partial charge in [-0.2, -0.15) is 0 Å². The minimum Gasteiger partial charge on any atom is -0.354 e. The largest absolute Gasteiger partial charge is 0.354 e. The molecule has 1 spiro atoms. The van der Waals surface area contributed by atoms with Crippen LogP contribution in [0.15, 0.2) is 0 Å². The lowest BCUT2D eigenvalue weighted by Crippen LogP contribution is -2.51. The number of piperazine rings is 1. The number of rotatable bonds is 4. The maximum Gasteiger partial charge on any atom is 0.223 e. The second kappa shape index (κ2) is 6.23. The Kier molecular flexibility index (Phi) is 4.52. The standard InChI is InChI=1S/C16H30N4O/c1-13(20-9-7-19(2)8-10-20)12-18-15(21)14-11-16(14)3-5-17-6-4-16/h13-14,17H,3-12H2,1-2H3,(H,18,21). The van der Waals surface area contributed by atoms with Crippen molar-refractivity contribution < 1.29 is 4.79 Å². The molecule has 0 aromatic heterocycles. The quantitative estimate of drug-likeness (QED) is 0.774. The molecular formula is C16H30N4O. The van der Waals surface area contributed by atoms with Gasteiger partial charge in [-0.1, -0.05) is 0 Å². The van der Waals surface area contributed by atoms with Crippen LogP contribution >= 0.6 is 0 Å². The zero-order valence-corrected chi connectivity index (χ0v) is 13.5. The van der Waals surface area contributed by atoms with Crippen LogP contribution < -0.4 is 10.6 Å². The monoisotopic (exact) mass is 294 g/mol. The predicted molar refractivity (Wildman–Crippen MR) is 84.2 cm³/mol. The first kappa shape index (κ1) is 15.3. The lowest BCUT2D eigenvalue weighted by atomic mass is 9.92. The van der Waals surface area contributed by atoms with Crippen LogP contribution in [-0.2, 0) is 4.79 Å². The fourth-order valence-corrected chi connectivity index (χ4v) is 3.96. The molecule has 2 atom stereocenters. The van der Waals surface area contributed by atoms with Gasteiger partial charge in [0.2, 0.25) is 5.91 Å². The number of hydrogen-bond donors (Lipinski definition) is 2. The summed E-state index contributed by atoms with van der Waals surface area (Å²) in [5.41, 5.74) is 0.354. The van der Waals surface area contributed by atoms with Crippen molar-refractivity contribution in [1.82, 2.24) is 20.4 Å². The molecule has 5 heteroatoms. The van der Waals surface area contributed by atoms with E-state index in [1.807, 2.05) is 0 Å². The molecule has 5 nitrogen and oxygen atoms in total. The lowest BCUT2D eigenvalue weighted by Gasteiger charge is -2.36. The van der Waals surface area contributed by atoms with Gasteiger partial charge in [-0.15, -0.1) is 0 Å². The van der Waals surface area contributed by atoms with Crippen molar-refractivity contribution >= 4 is 5.91 Å². The van der Waals surface area contributed by atoms with Crippen molar-refractivity contribution in [1.29, 1.82) is 0 Å². The molecule has 2 unspecified atom stereocenters. The minimum atomic E-state index is 0.291. The molecule has 0 bridgehead atoms. The van der Waals surface area contributed by atoms with Crippen LogP contribution in [-0.4, -0.2) is 74.6 Å². The van der Waals surface area contributed by atoms with E-state index in [0.717, 1.165) is 52.2 Å². The zero-order chi connectivity index (χ0) is 14.9. The van der Waals surface area contributed by atoms with Gasteiger partial charge in [-0.3, -0.25) is 9.69 Å². The number of nitrogens with one attached hydrogen (secondary N) is 2. The Balaban J connectivity index is 1.40. The van der Waals surface area contributed by atoms with Crippen LogP contribution in [0.3, 0.4) is 0 Å². The molecule has 1 aliphatic carbocycles. The zero-order valence-electron chi connectivity index (χ0n) is 13.5. The number of likely N-dealkylation sites (N-methyl/N-ethyl adjacent to an activating group) is 1. The molecule has 0 radical (unpaired) electrons. The first-order valence-electron chi connectivity index (χ1n) is 8.52. The summed E-state index contributed by atoms with van der Waals surface area (Å²) in [5.74, 6) is 0.595. The van der Waals surface area contributed by atoms with E-state index in [1.54, 1.807) is 0 Å². The van der Waals surface area contributed by atoms with Gasteiger partial charge in [0.1, 0.15) is 0 Å². The SMILES string of the molecule is CC(CNC(=O)C1CC12CCNCC2)N1CCN(C)CC1. The molecule has 1 saturated carbocycles. The molecule has 0 aromatic rings. The van der Waals surface area contributed by atoms with Crippen LogP contribution in [0.4, 0.5) is 0 Å². The molecule has 120 valence electrons. The first-order valence-corrected chi connectivity index (χ1v) is 8.52. The maximum atomic E-state index is 12.4. The van der Waals surface area contributed by atoms with Crippen molar-refractivity contribution in [3.63, 3.8) is 0 Å². The van der Waals surface area contributed by atoms with Crippen molar-refractivity contribution in [3.05, 3.63) is 0 Å². The van der Waals surface area contributed by atoms with Gasteiger partial charge in [0.15, 0.2) is 0 Å². The first-order chi connectivity index (χ1) is 10.1. The van der Waals surface area contributed by atoms with Crippen molar-refractivity contribution in [2.45, 2.75) is 32.2 Å². The Morgan fingerprint density at radius 2 is 1.95 bits per heavy atom. The van der Waals surface area contributed by atoms with E-state index >= 15 is 0 Å². The van der Waals surface area contributed by atoms with Crippen molar-refractivity contribution in [3.8, 4) is 0 Å². The van der Waals surface area contributed by atoms with Crippen LogP contribution in [0.2, 0.25) is 0 Å². The fraction of sp³-hybridized carbons (Fsp3) is 0.938. The summed E-state index contributed by atoms with van der Waals surface area (Å²) in [7, 11) is 2.18. The highest BCUT2D eigenvalue weighted by Gasteiger charge is 2.57. The topological polar surface area (TPSA) is 47.6 Å². The number of amides is 1. The maximum absolute atomic E-state index is 12.4. The average molecular weight is 294 g/mol. The summed E-state index contributed by atoms with van der Waals surface area (Å²) in [6, 6.07) is 0.449. The van der Waals surface area contributed by atoms with E-state index in [2.05, 4.69) is 34.4 Å².